The van der Waals surface area contributed by atoms with Crippen molar-refractivity contribution in [2.24, 2.45) is 0 Å². The van der Waals surface area contributed by atoms with Crippen LogP contribution in [0.15, 0.2) is 30.5 Å². The SMILES string of the molecule is COc1cccc2c1nc(N)n1nc([C@H]3C[C@H](c4ncc(C5(O)COC5)cc4C)C3)nc21. The van der Waals surface area contributed by atoms with Gasteiger partial charge in [-0.15, -0.1) is 5.10 Å². The summed E-state index contributed by atoms with van der Waals surface area (Å²) in [5.41, 5.74) is 9.67. The average molecular weight is 432 g/mol. The van der Waals surface area contributed by atoms with Crippen LogP contribution in [-0.2, 0) is 10.3 Å². The molecule has 0 unspecified atom stereocenters. The van der Waals surface area contributed by atoms with Crippen LogP contribution in [0.25, 0.3) is 16.6 Å². The van der Waals surface area contributed by atoms with Crippen LogP contribution in [0, 0.1) is 6.92 Å². The standard InChI is InChI=1S/C23H24N6O3/c1-12-6-15(23(30)10-32-11-23)9-25-18(12)13-7-14(8-13)20-27-21-16-4-3-5-17(31-2)19(16)26-22(24)29(21)28-20/h3-6,9,13-14,30H,7-8,10-11H2,1-2H3,(H2,24,26)/t13-,14-. The van der Waals surface area contributed by atoms with E-state index in [0.29, 0.717) is 36.0 Å². The Morgan fingerprint density at radius 3 is 2.72 bits per heavy atom. The fraction of sp³-hybridized carbons (Fsp3) is 0.391. The lowest BCUT2D eigenvalue weighted by Crippen LogP contribution is -2.46. The van der Waals surface area contributed by atoms with Crippen molar-refractivity contribution in [1.82, 2.24) is 24.6 Å². The molecule has 164 valence electrons. The highest BCUT2D eigenvalue weighted by Gasteiger charge is 2.40. The number of nitrogens with zero attached hydrogens (tertiary/aromatic N) is 5. The van der Waals surface area contributed by atoms with E-state index in [1.807, 2.05) is 24.3 Å². The Bertz CT molecular complexity index is 1360. The van der Waals surface area contributed by atoms with Crippen molar-refractivity contribution in [3.05, 3.63) is 53.1 Å². The molecule has 9 heteroatoms. The van der Waals surface area contributed by atoms with Gasteiger partial charge < -0.3 is 20.3 Å². The first-order chi connectivity index (χ1) is 15.5. The molecular formula is C23H24N6O3. The van der Waals surface area contributed by atoms with Gasteiger partial charge in [0.25, 0.3) is 0 Å². The molecule has 0 atom stereocenters. The Morgan fingerprint density at radius 1 is 1.22 bits per heavy atom. The zero-order valence-electron chi connectivity index (χ0n) is 17.9. The Balaban J connectivity index is 1.27. The third-order valence-corrected chi connectivity index (χ3v) is 6.75. The highest BCUT2D eigenvalue weighted by molar-refractivity contribution is 5.95. The van der Waals surface area contributed by atoms with Gasteiger partial charge in [0.15, 0.2) is 11.5 Å². The van der Waals surface area contributed by atoms with Crippen molar-refractivity contribution < 1.29 is 14.6 Å². The highest BCUT2D eigenvalue weighted by atomic mass is 16.5. The van der Waals surface area contributed by atoms with E-state index in [0.717, 1.165) is 40.9 Å². The predicted octanol–water partition coefficient (Wildman–Crippen LogP) is 2.45. The van der Waals surface area contributed by atoms with Crippen molar-refractivity contribution in [2.75, 3.05) is 26.1 Å². The van der Waals surface area contributed by atoms with E-state index in [-0.39, 0.29) is 11.9 Å². The molecule has 4 aromatic rings. The topological polar surface area (TPSA) is 121 Å². The average Bonchev–Trinajstić information content (AvgIpc) is 3.17. The Hall–Kier alpha value is -3.30. The van der Waals surface area contributed by atoms with Crippen LogP contribution in [0.3, 0.4) is 0 Å². The molecule has 9 nitrogen and oxygen atoms in total. The second kappa shape index (κ2) is 6.85. The van der Waals surface area contributed by atoms with Gasteiger partial charge in [0.1, 0.15) is 16.9 Å². The molecule has 1 saturated heterocycles. The number of anilines is 1. The zero-order valence-corrected chi connectivity index (χ0v) is 17.9. The number of aromatic nitrogens is 5. The highest BCUT2D eigenvalue weighted by Crippen LogP contribution is 2.47. The minimum Gasteiger partial charge on any atom is -0.494 e. The molecule has 6 rings (SSSR count). The van der Waals surface area contributed by atoms with Gasteiger partial charge in [-0.25, -0.2) is 9.97 Å². The second-order valence-corrected chi connectivity index (χ2v) is 8.85. The molecule has 0 radical (unpaired) electrons. The molecule has 0 bridgehead atoms. The summed E-state index contributed by atoms with van der Waals surface area (Å²) in [6.07, 6.45) is 3.63. The van der Waals surface area contributed by atoms with Crippen LogP contribution in [0.4, 0.5) is 5.95 Å². The van der Waals surface area contributed by atoms with Crippen molar-refractivity contribution in [3.63, 3.8) is 0 Å². The monoisotopic (exact) mass is 432 g/mol. The molecule has 1 aliphatic heterocycles. The summed E-state index contributed by atoms with van der Waals surface area (Å²) in [5, 5.41) is 16.0. The molecule has 1 aromatic carbocycles. The second-order valence-electron chi connectivity index (χ2n) is 8.85. The third kappa shape index (κ3) is 2.78. The number of fused-ring (bicyclic) bond motifs is 3. The largest absolute Gasteiger partial charge is 0.494 e. The lowest BCUT2D eigenvalue weighted by molar-refractivity contribution is -0.184. The summed E-state index contributed by atoms with van der Waals surface area (Å²) in [5.74, 6) is 2.32. The number of aryl methyl sites for hydroxylation is 1. The smallest absolute Gasteiger partial charge is 0.223 e. The number of methoxy groups -OCH3 is 1. The first kappa shape index (κ1) is 19.4. The molecule has 0 amide bonds. The van der Waals surface area contributed by atoms with E-state index in [4.69, 9.17) is 20.2 Å². The summed E-state index contributed by atoms with van der Waals surface area (Å²) >= 11 is 0. The number of ether oxygens (including phenoxy) is 2. The van der Waals surface area contributed by atoms with Crippen LogP contribution in [0.1, 0.15) is 47.3 Å². The number of nitrogens with two attached hydrogens (primary N) is 1. The van der Waals surface area contributed by atoms with E-state index in [1.165, 1.54) is 0 Å². The molecular weight excluding hydrogens is 408 g/mol. The van der Waals surface area contributed by atoms with E-state index in [9.17, 15) is 5.11 Å². The van der Waals surface area contributed by atoms with Crippen LogP contribution in [0.5, 0.6) is 5.75 Å². The third-order valence-electron chi connectivity index (χ3n) is 6.75. The first-order valence-corrected chi connectivity index (χ1v) is 10.7. The molecule has 1 aliphatic carbocycles. The van der Waals surface area contributed by atoms with Crippen LogP contribution < -0.4 is 10.5 Å². The number of hydrogen-bond acceptors (Lipinski definition) is 8. The summed E-state index contributed by atoms with van der Waals surface area (Å²) in [4.78, 5) is 14.0. The van der Waals surface area contributed by atoms with E-state index in [1.54, 1.807) is 17.8 Å². The number of nitrogen functional groups attached to an aromatic ring is 1. The number of hydrogen-bond donors (Lipinski definition) is 2. The maximum atomic E-state index is 10.5. The van der Waals surface area contributed by atoms with Crippen molar-refractivity contribution in [2.45, 2.75) is 37.2 Å². The van der Waals surface area contributed by atoms with Gasteiger partial charge in [-0.3, -0.25) is 4.98 Å². The number of benzene rings is 1. The number of rotatable bonds is 4. The lowest BCUT2D eigenvalue weighted by atomic mass is 9.71. The van der Waals surface area contributed by atoms with Gasteiger partial charge in [0, 0.05) is 34.7 Å². The normalized spacial score (nSPS) is 22.0. The Labute approximate surface area is 184 Å². The molecule has 3 aromatic heterocycles. The minimum absolute atomic E-state index is 0.241. The molecule has 2 fully saturated rings. The summed E-state index contributed by atoms with van der Waals surface area (Å²) in [7, 11) is 1.61. The van der Waals surface area contributed by atoms with Gasteiger partial charge in [-0.05, 0) is 43.5 Å². The van der Waals surface area contributed by atoms with Gasteiger partial charge in [0.2, 0.25) is 5.95 Å². The van der Waals surface area contributed by atoms with Crippen molar-refractivity contribution >= 4 is 22.5 Å². The summed E-state index contributed by atoms with van der Waals surface area (Å²) < 4.78 is 12.2. The van der Waals surface area contributed by atoms with Gasteiger partial charge in [-0.1, -0.05) is 6.07 Å². The minimum atomic E-state index is -0.891. The molecule has 2 aliphatic rings. The molecule has 32 heavy (non-hydrogen) atoms. The van der Waals surface area contributed by atoms with Gasteiger partial charge >= 0.3 is 0 Å². The van der Waals surface area contributed by atoms with E-state index >= 15 is 0 Å². The number of pyridine rings is 1. The Kier molecular flexibility index (Phi) is 4.15. The first-order valence-electron chi connectivity index (χ1n) is 10.7. The maximum Gasteiger partial charge on any atom is 0.223 e. The summed E-state index contributed by atoms with van der Waals surface area (Å²) in [6.45, 7) is 2.71. The quantitative estimate of drug-likeness (QED) is 0.504. The Morgan fingerprint density at radius 2 is 2.03 bits per heavy atom. The molecule has 0 spiro atoms. The van der Waals surface area contributed by atoms with Crippen LogP contribution in [-0.4, -0.2) is 50.0 Å². The van der Waals surface area contributed by atoms with Gasteiger partial charge in [-0.2, -0.15) is 4.52 Å². The van der Waals surface area contributed by atoms with Crippen LogP contribution >= 0.6 is 0 Å². The van der Waals surface area contributed by atoms with Gasteiger partial charge in [0.05, 0.1) is 20.3 Å². The lowest BCUT2D eigenvalue weighted by Gasteiger charge is -2.38. The van der Waals surface area contributed by atoms with E-state index < -0.39 is 5.60 Å². The van der Waals surface area contributed by atoms with Crippen molar-refractivity contribution in [3.8, 4) is 5.75 Å². The fourth-order valence-corrected chi connectivity index (χ4v) is 4.76. The van der Waals surface area contributed by atoms with Crippen molar-refractivity contribution in [1.29, 1.82) is 0 Å². The number of aliphatic hydroxyl groups is 1. The maximum absolute atomic E-state index is 10.5. The summed E-state index contributed by atoms with van der Waals surface area (Å²) in [6, 6.07) is 7.76. The number of para-hydroxylation sites is 1. The van der Waals surface area contributed by atoms with E-state index in [2.05, 4.69) is 22.0 Å². The zero-order chi connectivity index (χ0) is 22.0. The predicted molar refractivity (Wildman–Crippen MR) is 118 cm³/mol. The molecule has 4 heterocycles. The molecule has 3 N–H and O–H groups in total. The van der Waals surface area contributed by atoms with Crippen LogP contribution in [0.2, 0.25) is 0 Å². The fourth-order valence-electron chi connectivity index (χ4n) is 4.76. The molecule has 1 saturated carbocycles.